The van der Waals surface area contributed by atoms with E-state index in [0.717, 1.165) is 49.9 Å². The maximum atomic E-state index is 11.0. The zero-order valence-corrected chi connectivity index (χ0v) is 13.6. The number of nitrogens with two attached hydrogens (primary N) is 1. The second kappa shape index (κ2) is 6.88. The zero-order chi connectivity index (χ0) is 15.5. The van der Waals surface area contributed by atoms with Crippen LogP contribution in [0.5, 0.6) is 5.75 Å². The molecule has 4 nitrogen and oxygen atoms in total. The van der Waals surface area contributed by atoms with Crippen LogP contribution in [-0.2, 0) is 17.8 Å². The van der Waals surface area contributed by atoms with Crippen molar-refractivity contribution < 1.29 is 9.53 Å². The van der Waals surface area contributed by atoms with Gasteiger partial charge in [0.2, 0.25) is 5.91 Å². The zero-order valence-electron chi connectivity index (χ0n) is 12.8. The van der Waals surface area contributed by atoms with Crippen LogP contribution in [0.2, 0.25) is 5.02 Å². The summed E-state index contributed by atoms with van der Waals surface area (Å²) >= 11 is 6.23. The molecule has 0 unspecified atom stereocenters. The van der Waals surface area contributed by atoms with Crippen molar-refractivity contribution in [3.05, 3.63) is 28.3 Å². The number of halogens is 1. The summed E-state index contributed by atoms with van der Waals surface area (Å²) in [6, 6.07) is 4.04. The molecule has 0 radical (unpaired) electrons. The Balaban J connectivity index is 1.64. The van der Waals surface area contributed by atoms with Crippen molar-refractivity contribution in [2.75, 3.05) is 19.7 Å². The predicted octanol–water partition coefficient (Wildman–Crippen LogP) is 2.75. The molecule has 0 spiro atoms. The van der Waals surface area contributed by atoms with Gasteiger partial charge in [0, 0.05) is 36.5 Å². The van der Waals surface area contributed by atoms with Crippen molar-refractivity contribution in [3.63, 3.8) is 0 Å². The third-order valence-electron chi connectivity index (χ3n) is 4.62. The van der Waals surface area contributed by atoms with E-state index in [1.54, 1.807) is 0 Å². The Morgan fingerprint density at radius 1 is 1.45 bits per heavy atom. The normalized spacial score (nSPS) is 21.4. The molecule has 2 heterocycles. The van der Waals surface area contributed by atoms with E-state index >= 15 is 0 Å². The first-order valence-corrected chi connectivity index (χ1v) is 8.44. The summed E-state index contributed by atoms with van der Waals surface area (Å²) in [7, 11) is 0. The fourth-order valence-corrected chi connectivity index (χ4v) is 3.84. The van der Waals surface area contributed by atoms with Gasteiger partial charge in [-0.15, -0.1) is 0 Å². The third kappa shape index (κ3) is 3.73. The van der Waals surface area contributed by atoms with E-state index in [9.17, 15) is 4.79 Å². The molecule has 0 aromatic heterocycles. The number of piperidine rings is 1. The number of benzene rings is 1. The first kappa shape index (κ1) is 15.6. The minimum absolute atomic E-state index is 0.196. The molecule has 2 N–H and O–H groups in total. The lowest BCUT2D eigenvalue weighted by Gasteiger charge is -2.33. The summed E-state index contributed by atoms with van der Waals surface area (Å²) in [5.41, 5.74) is 7.68. The number of hydrogen-bond acceptors (Lipinski definition) is 3. The summed E-state index contributed by atoms with van der Waals surface area (Å²) in [5, 5.41) is 0.793. The molecule has 2 aliphatic heterocycles. The van der Waals surface area contributed by atoms with Gasteiger partial charge in [-0.25, -0.2) is 0 Å². The number of ether oxygens (including phenoxy) is 1. The van der Waals surface area contributed by atoms with E-state index in [-0.39, 0.29) is 5.91 Å². The quantitative estimate of drug-likeness (QED) is 0.907. The lowest BCUT2D eigenvalue weighted by Crippen LogP contribution is -2.35. The number of nitrogens with zero attached hydrogens (tertiary/aromatic N) is 1. The van der Waals surface area contributed by atoms with Crippen molar-refractivity contribution >= 4 is 17.5 Å². The Kier molecular flexibility index (Phi) is 4.89. The standard InChI is InChI=1S/C17H23ClN2O2/c18-15-8-13-5-7-22-17(13)14(9-15)11-20-6-1-2-12(10-20)3-4-16(19)21/h8-9,12H,1-7,10-11H2,(H2,19,21)/t12-/m1/s1. The molecular weight excluding hydrogens is 300 g/mol. The molecule has 22 heavy (non-hydrogen) atoms. The number of primary amides is 1. The van der Waals surface area contributed by atoms with Gasteiger partial charge in [0.05, 0.1) is 6.61 Å². The number of carbonyl (C=O) groups excluding carboxylic acids is 1. The second-order valence-corrected chi connectivity index (χ2v) is 6.84. The lowest BCUT2D eigenvalue weighted by atomic mass is 9.93. The minimum Gasteiger partial charge on any atom is -0.493 e. The van der Waals surface area contributed by atoms with Gasteiger partial charge in [0.25, 0.3) is 0 Å². The number of rotatable bonds is 5. The second-order valence-electron chi connectivity index (χ2n) is 6.40. The van der Waals surface area contributed by atoms with E-state index in [2.05, 4.69) is 4.90 Å². The number of fused-ring (bicyclic) bond motifs is 1. The summed E-state index contributed by atoms with van der Waals surface area (Å²) in [5.74, 6) is 1.40. The molecule has 1 amide bonds. The SMILES string of the molecule is NC(=O)CC[C@H]1CCCN(Cc2cc(Cl)cc3c2OCC3)C1. The average molecular weight is 323 g/mol. The van der Waals surface area contributed by atoms with Crippen molar-refractivity contribution in [3.8, 4) is 5.75 Å². The van der Waals surface area contributed by atoms with Crippen LogP contribution in [0.15, 0.2) is 12.1 Å². The van der Waals surface area contributed by atoms with Crippen LogP contribution in [0.3, 0.4) is 0 Å². The maximum absolute atomic E-state index is 11.0. The van der Waals surface area contributed by atoms with Gasteiger partial charge in [-0.05, 0) is 49.4 Å². The number of carbonyl (C=O) groups is 1. The summed E-state index contributed by atoms with van der Waals surface area (Å²) < 4.78 is 5.79. The number of amides is 1. The monoisotopic (exact) mass is 322 g/mol. The molecule has 0 saturated carbocycles. The van der Waals surface area contributed by atoms with Gasteiger partial charge in [0.1, 0.15) is 5.75 Å². The molecule has 1 aromatic carbocycles. The fourth-order valence-electron chi connectivity index (χ4n) is 3.58. The molecule has 1 atom stereocenters. The van der Waals surface area contributed by atoms with Gasteiger partial charge in [0.15, 0.2) is 0 Å². The topological polar surface area (TPSA) is 55.6 Å². The van der Waals surface area contributed by atoms with Gasteiger partial charge in [-0.3, -0.25) is 9.69 Å². The number of likely N-dealkylation sites (tertiary alicyclic amines) is 1. The van der Waals surface area contributed by atoms with Gasteiger partial charge >= 0.3 is 0 Å². The van der Waals surface area contributed by atoms with Gasteiger partial charge in [-0.1, -0.05) is 11.6 Å². The van der Waals surface area contributed by atoms with E-state index in [0.29, 0.717) is 12.3 Å². The molecule has 0 bridgehead atoms. The highest BCUT2D eigenvalue weighted by atomic mass is 35.5. The molecule has 3 rings (SSSR count). The van der Waals surface area contributed by atoms with Gasteiger partial charge in [-0.2, -0.15) is 0 Å². The fraction of sp³-hybridized carbons (Fsp3) is 0.588. The first-order valence-electron chi connectivity index (χ1n) is 8.06. The Morgan fingerprint density at radius 2 is 2.32 bits per heavy atom. The van der Waals surface area contributed by atoms with Crippen molar-refractivity contribution in [2.45, 2.75) is 38.6 Å². The highest BCUT2D eigenvalue weighted by Gasteiger charge is 2.23. The van der Waals surface area contributed by atoms with Crippen LogP contribution >= 0.6 is 11.6 Å². The smallest absolute Gasteiger partial charge is 0.217 e. The Morgan fingerprint density at radius 3 is 3.14 bits per heavy atom. The van der Waals surface area contributed by atoms with E-state index in [4.69, 9.17) is 22.1 Å². The van der Waals surface area contributed by atoms with E-state index in [1.165, 1.54) is 24.0 Å². The van der Waals surface area contributed by atoms with Crippen molar-refractivity contribution in [1.29, 1.82) is 0 Å². The Labute approximate surface area is 136 Å². The van der Waals surface area contributed by atoms with E-state index in [1.807, 2.05) is 12.1 Å². The van der Waals surface area contributed by atoms with Crippen molar-refractivity contribution in [1.82, 2.24) is 4.90 Å². The molecular formula is C17H23ClN2O2. The van der Waals surface area contributed by atoms with Crippen LogP contribution in [-0.4, -0.2) is 30.5 Å². The molecule has 0 aliphatic carbocycles. The lowest BCUT2D eigenvalue weighted by molar-refractivity contribution is -0.118. The summed E-state index contributed by atoms with van der Waals surface area (Å²) in [6.07, 6.45) is 4.70. The van der Waals surface area contributed by atoms with E-state index < -0.39 is 0 Å². The largest absolute Gasteiger partial charge is 0.493 e. The van der Waals surface area contributed by atoms with Crippen molar-refractivity contribution in [2.24, 2.45) is 11.7 Å². The highest BCUT2D eigenvalue weighted by Crippen LogP contribution is 2.34. The maximum Gasteiger partial charge on any atom is 0.217 e. The average Bonchev–Trinajstić information content (AvgIpc) is 2.94. The van der Waals surface area contributed by atoms with Crippen LogP contribution in [0.25, 0.3) is 0 Å². The predicted molar refractivity (Wildman–Crippen MR) is 87.1 cm³/mol. The Bertz CT molecular complexity index is 562. The van der Waals surface area contributed by atoms with Crippen LogP contribution < -0.4 is 10.5 Å². The number of hydrogen-bond donors (Lipinski definition) is 1. The molecule has 120 valence electrons. The molecule has 1 aromatic rings. The molecule has 2 aliphatic rings. The van der Waals surface area contributed by atoms with Crippen LogP contribution in [0, 0.1) is 5.92 Å². The third-order valence-corrected chi connectivity index (χ3v) is 4.84. The molecule has 1 saturated heterocycles. The molecule has 1 fully saturated rings. The van der Waals surface area contributed by atoms with Crippen LogP contribution in [0.4, 0.5) is 0 Å². The summed E-state index contributed by atoms with van der Waals surface area (Å²) in [4.78, 5) is 13.4. The molecule has 5 heteroatoms. The Hall–Kier alpha value is -1.26. The van der Waals surface area contributed by atoms with Crippen LogP contribution in [0.1, 0.15) is 36.8 Å². The van der Waals surface area contributed by atoms with Gasteiger partial charge < -0.3 is 10.5 Å². The highest BCUT2D eigenvalue weighted by molar-refractivity contribution is 6.30. The summed E-state index contributed by atoms with van der Waals surface area (Å²) in [6.45, 7) is 3.74. The minimum atomic E-state index is -0.196. The first-order chi connectivity index (χ1) is 10.6.